The quantitative estimate of drug-likeness (QED) is 0.323. The molecule has 2 aromatic carbocycles. The molecule has 2 saturated heterocycles. The molecule has 2 atom stereocenters. The van der Waals surface area contributed by atoms with Gasteiger partial charge >= 0.3 is 0 Å². The molecule has 196 valence electrons. The van der Waals surface area contributed by atoms with Crippen molar-refractivity contribution in [3.8, 4) is 22.4 Å². The first-order chi connectivity index (χ1) is 18.5. The van der Waals surface area contributed by atoms with Gasteiger partial charge in [-0.25, -0.2) is 4.98 Å². The zero-order chi connectivity index (χ0) is 25.9. The molecule has 0 bridgehead atoms. The lowest BCUT2D eigenvalue weighted by Crippen LogP contribution is -2.46. The first kappa shape index (κ1) is 24.3. The van der Waals surface area contributed by atoms with Gasteiger partial charge in [0.1, 0.15) is 5.60 Å². The van der Waals surface area contributed by atoms with Crippen LogP contribution in [0.3, 0.4) is 0 Å². The minimum Gasteiger partial charge on any atom is -0.380 e. The number of hydrogen-bond donors (Lipinski definition) is 2. The maximum absolute atomic E-state index is 10.7. The summed E-state index contributed by atoms with van der Waals surface area (Å²) in [5.41, 5.74) is 7.40. The van der Waals surface area contributed by atoms with Crippen LogP contribution in [-0.4, -0.2) is 57.0 Å². The van der Waals surface area contributed by atoms with Crippen molar-refractivity contribution in [1.29, 1.82) is 0 Å². The van der Waals surface area contributed by atoms with Gasteiger partial charge in [0.15, 0.2) is 5.65 Å². The number of nitrogens with one attached hydrogen (secondary N) is 1. The number of nitrogens with zero attached hydrogens (tertiary/aromatic N) is 3. The average Bonchev–Trinajstić information content (AvgIpc) is 3.47. The van der Waals surface area contributed by atoms with Crippen molar-refractivity contribution in [2.75, 3.05) is 19.8 Å². The van der Waals surface area contributed by atoms with E-state index in [-0.39, 0.29) is 13.2 Å². The molecule has 2 fully saturated rings. The summed E-state index contributed by atoms with van der Waals surface area (Å²) < 4.78 is 5.20. The number of fused-ring (bicyclic) bond motifs is 2. The normalized spacial score (nSPS) is 23.2. The van der Waals surface area contributed by atoms with Crippen LogP contribution in [0.4, 0.5) is 0 Å². The van der Waals surface area contributed by atoms with E-state index in [1.165, 1.54) is 48.9 Å². The highest BCUT2D eigenvalue weighted by Crippen LogP contribution is 2.38. The Morgan fingerprint density at radius 1 is 1.00 bits per heavy atom. The maximum Gasteiger partial charge on any atom is 0.181 e. The average molecular weight is 529 g/mol. The standard InChI is InChI=1S/C31H33ClN4O2/c1-19-3-2-12-36(19)25-9-6-20-4-5-22(13-21(20)7-10-25)24-14-26-29(34-35-30(26)33-16-24)23-8-11-27(28(32)15-23)31(37)17-38-18-31/h4-5,8,11,13-16,19,25,37H,2-3,6-7,9-10,12,17-18H2,1H3,(H,33,34,35)/t19-,25?/m1/s1. The summed E-state index contributed by atoms with van der Waals surface area (Å²) in [6, 6.07) is 16.3. The SMILES string of the molecule is C[C@@H]1CCCN1C1CCc2ccc(-c3cnc4n[nH]c(-c5ccc(C6(O)COC6)c(Cl)c5)c4c3)cc2CC1. The minimum absolute atomic E-state index is 0.269. The number of aryl methyl sites for hydroxylation is 2. The Hall–Kier alpha value is -2.77. The third kappa shape index (κ3) is 4.15. The smallest absolute Gasteiger partial charge is 0.181 e. The van der Waals surface area contributed by atoms with E-state index in [0.717, 1.165) is 41.1 Å². The minimum atomic E-state index is -1.00. The molecule has 1 aliphatic carbocycles. The number of ether oxygens (including phenoxy) is 1. The van der Waals surface area contributed by atoms with Crippen LogP contribution in [0.25, 0.3) is 33.4 Å². The molecular weight excluding hydrogens is 496 g/mol. The fraction of sp³-hybridized carbons (Fsp3) is 0.419. The number of H-pyrrole nitrogens is 1. The van der Waals surface area contributed by atoms with E-state index in [2.05, 4.69) is 51.3 Å². The van der Waals surface area contributed by atoms with Crippen molar-refractivity contribution < 1.29 is 9.84 Å². The van der Waals surface area contributed by atoms with Gasteiger partial charge in [-0.2, -0.15) is 5.10 Å². The number of aromatic nitrogens is 3. The van der Waals surface area contributed by atoms with Gasteiger partial charge in [0.25, 0.3) is 0 Å². The molecular formula is C31H33ClN4O2. The molecule has 0 spiro atoms. The number of aromatic amines is 1. The number of pyridine rings is 1. The van der Waals surface area contributed by atoms with Crippen molar-refractivity contribution in [3.05, 3.63) is 70.4 Å². The Morgan fingerprint density at radius 3 is 2.55 bits per heavy atom. The predicted molar refractivity (Wildman–Crippen MR) is 150 cm³/mol. The van der Waals surface area contributed by atoms with Crippen LogP contribution in [0.2, 0.25) is 5.02 Å². The second-order valence-electron chi connectivity index (χ2n) is 11.4. The Balaban J connectivity index is 1.18. The van der Waals surface area contributed by atoms with Crippen molar-refractivity contribution in [2.45, 2.75) is 63.1 Å². The molecule has 0 saturated carbocycles. The van der Waals surface area contributed by atoms with E-state index in [1.807, 2.05) is 24.4 Å². The molecule has 3 aliphatic rings. The van der Waals surface area contributed by atoms with Crippen LogP contribution < -0.4 is 0 Å². The molecule has 2 aliphatic heterocycles. The summed E-state index contributed by atoms with van der Waals surface area (Å²) in [6.45, 7) is 4.19. The highest BCUT2D eigenvalue weighted by atomic mass is 35.5. The zero-order valence-corrected chi connectivity index (χ0v) is 22.5. The molecule has 0 radical (unpaired) electrons. The van der Waals surface area contributed by atoms with Gasteiger partial charge in [0, 0.05) is 45.4 Å². The van der Waals surface area contributed by atoms with Crippen LogP contribution in [0, 0.1) is 0 Å². The number of benzene rings is 2. The second-order valence-corrected chi connectivity index (χ2v) is 11.8. The summed E-state index contributed by atoms with van der Waals surface area (Å²) in [4.78, 5) is 7.42. The van der Waals surface area contributed by atoms with Crippen LogP contribution in [-0.2, 0) is 23.2 Å². The highest BCUT2D eigenvalue weighted by Gasteiger charge is 2.39. The van der Waals surface area contributed by atoms with Gasteiger partial charge in [-0.05, 0) is 80.8 Å². The number of rotatable bonds is 4. The fourth-order valence-corrected chi connectivity index (χ4v) is 7.03. The summed E-state index contributed by atoms with van der Waals surface area (Å²) in [5.74, 6) is 0. The van der Waals surface area contributed by atoms with Crippen molar-refractivity contribution in [3.63, 3.8) is 0 Å². The number of halogens is 1. The third-order valence-corrected chi connectivity index (χ3v) is 9.27. The maximum atomic E-state index is 10.7. The Labute approximate surface area is 228 Å². The lowest BCUT2D eigenvalue weighted by Gasteiger charge is -2.37. The second kappa shape index (κ2) is 9.45. The Kier molecular flexibility index (Phi) is 6.04. The van der Waals surface area contributed by atoms with E-state index in [1.54, 1.807) is 0 Å². The van der Waals surface area contributed by atoms with E-state index in [9.17, 15) is 5.11 Å². The zero-order valence-electron chi connectivity index (χ0n) is 21.7. The summed E-state index contributed by atoms with van der Waals surface area (Å²) in [6.07, 6.45) is 9.38. The number of aliphatic hydroxyl groups is 1. The molecule has 4 heterocycles. The van der Waals surface area contributed by atoms with Gasteiger partial charge < -0.3 is 9.84 Å². The largest absolute Gasteiger partial charge is 0.380 e. The molecule has 1 unspecified atom stereocenters. The molecule has 6 nitrogen and oxygen atoms in total. The third-order valence-electron chi connectivity index (χ3n) is 8.96. The topological polar surface area (TPSA) is 74.3 Å². The summed E-state index contributed by atoms with van der Waals surface area (Å²) in [5, 5.41) is 19.7. The van der Waals surface area contributed by atoms with E-state index in [4.69, 9.17) is 16.3 Å². The number of likely N-dealkylation sites (tertiary alicyclic amines) is 1. The first-order valence-electron chi connectivity index (χ1n) is 13.8. The predicted octanol–water partition coefficient (Wildman–Crippen LogP) is 5.89. The van der Waals surface area contributed by atoms with Gasteiger partial charge in [-0.15, -0.1) is 0 Å². The van der Waals surface area contributed by atoms with Crippen molar-refractivity contribution in [1.82, 2.24) is 20.1 Å². The molecule has 2 N–H and O–H groups in total. The Morgan fingerprint density at radius 2 is 1.82 bits per heavy atom. The monoisotopic (exact) mass is 528 g/mol. The lowest BCUT2D eigenvalue weighted by atomic mass is 9.91. The van der Waals surface area contributed by atoms with Gasteiger partial charge in [0.05, 0.1) is 18.9 Å². The number of hydrogen-bond acceptors (Lipinski definition) is 5. The molecule has 0 amide bonds. The van der Waals surface area contributed by atoms with Crippen LogP contribution >= 0.6 is 11.6 Å². The van der Waals surface area contributed by atoms with Crippen LogP contribution in [0.1, 0.15) is 49.3 Å². The van der Waals surface area contributed by atoms with Crippen LogP contribution in [0.15, 0.2) is 48.7 Å². The fourth-order valence-electron chi connectivity index (χ4n) is 6.68. The van der Waals surface area contributed by atoms with Gasteiger partial charge in [-0.1, -0.05) is 41.9 Å². The van der Waals surface area contributed by atoms with E-state index < -0.39 is 5.60 Å². The van der Waals surface area contributed by atoms with E-state index in [0.29, 0.717) is 22.3 Å². The van der Waals surface area contributed by atoms with Crippen molar-refractivity contribution in [2.24, 2.45) is 0 Å². The molecule has 7 heteroatoms. The van der Waals surface area contributed by atoms with Crippen molar-refractivity contribution >= 4 is 22.6 Å². The van der Waals surface area contributed by atoms with Crippen LogP contribution in [0.5, 0.6) is 0 Å². The first-order valence-corrected chi connectivity index (χ1v) is 14.2. The summed E-state index contributed by atoms with van der Waals surface area (Å²) in [7, 11) is 0. The molecule has 2 aromatic heterocycles. The molecule has 7 rings (SSSR count). The van der Waals surface area contributed by atoms with Gasteiger partial charge in [0.2, 0.25) is 0 Å². The molecule has 4 aromatic rings. The van der Waals surface area contributed by atoms with E-state index >= 15 is 0 Å². The highest BCUT2D eigenvalue weighted by molar-refractivity contribution is 6.31. The summed E-state index contributed by atoms with van der Waals surface area (Å²) >= 11 is 6.59. The van der Waals surface area contributed by atoms with Gasteiger partial charge in [-0.3, -0.25) is 10.00 Å². The molecule has 38 heavy (non-hydrogen) atoms. The lowest BCUT2D eigenvalue weighted by molar-refractivity contribution is -0.184. The Bertz CT molecular complexity index is 1510.